The normalized spacial score (nSPS) is 17.0. The Morgan fingerprint density at radius 3 is 2.62 bits per heavy atom. The average molecular weight is 319 g/mol. The van der Waals surface area contributed by atoms with Crippen LogP contribution in [-0.4, -0.2) is 34.0 Å². The smallest absolute Gasteiger partial charge is 0.321 e. The summed E-state index contributed by atoms with van der Waals surface area (Å²) in [5, 5.41) is 8.89. The van der Waals surface area contributed by atoms with Gasteiger partial charge in [-0.25, -0.2) is 14.8 Å². The van der Waals surface area contributed by atoms with Crippen molar-refractivity contribution in [1.82, 2.24) is 14.9 Å². The van der Waals surface area contributed by atoms with E-state index in [0.29, 0.717) is 24.5 Å². The molecule has 1 aromatic carbocycles. The Hall–Kier alpha value is -3.20. The van der Waals surface area contributed by atoms with Crippen molar-refractivity contribution in [3.63, 3.8) is 0 Å². The molecule has 1 atom stereocenters. The fraction of sp³-hybridized carbons (Fsp3) is 0.222. The van der Waals surface area contributed by atoms with Crippen LogP contribution < -0.4 is 4.90 Å². The van der Waals surface area contributed by atoms with Gasteiger partial charge < -0.3 is 4.90 Å². The highest BCUT2D eigenvalue weighted by molar-refractivity contribution is 5.95. The number of hydrogen-bond acceptors (Lipinski definition) is 4. The molecule has 2 aromatic rings. The van der Waals surface area contributed by atoms with Crippen LogP contribution in [0.2, 0.25) is 0 Å². The van der Waals surface area contributed by atoms with Crippen molar-refractivity contribution >= 4 is 11.7 Å². The van der Waals surface area contributed by atoms with E-state index in [1.807, 2.05) is 36.4 Å². The summed E-state index contributed by atoms with van der Waals surface area (Å²) in [6.45, 7) is 4.83. The molecule has 0 saturated carbocycles. The van der Waals surface area contributed by atoms with E-state index in [-0.39, 0.29) is 12.1 Å². The highest BCUT2D eigenvalue weighted by atomic mass is 16.2. The lowest BCUT2D eigenvalue weighted by atomic mass is 10.2. The summed E-state index contributed by atoms with van der Waals surface area (Å²) >= 11 is 0. The Morgan fingerprint density at radius 1 is 1.29 bits per heavy atom. The second kappa shape index (κ2) is 6.92. The number of amides is 2. The van der Waals surface area contributed by atoms with Crippen molar-refractivity contribution < 1.29 is 4.79 Å². The molecule has 1 saturated heterocycles. The lowest BCUT2D eigenvalue weighted by Gasteiger charge is -2.22. The number of nitrogens with zero attached hydrogens (tertiary/aromatic N) is 5. The fourth-order valence-corrected chi connectivity index (χ4v) is 2.73. The number of carbonyl (C=O) groups excluding carboxylic acids is 1. The maximum atomic E-state index is 12.8. The number of carbonyl (C=O) groups is 1. The van der Waals surface area contributed by atoms with E-state index < -0.39 is 0 Å². The molecule has 120 valence electrons. The molecule has 0 radical (unpaired) electrons. The second-order valence-electron chi connectivity index (χ2n) is 5.47. The Morgan fingerprint density at radius 2 is 2.00 bits per heavy atom. The molecule has 1 aromatic heterocycles. The van der Waals surface area contributed by atoms with Crippen LogP contribution in [0.3, 0.4) is 0 Å². The third-order valence-electron chi connectivity index (χ3n) is 3.92. The monoisotopic (exact) mass is 319 g/mol. The summed E-state index contributed by atoms with van der Waals surface area (Å²) in [6, 6.07) is 11.1. The summed E-state index contributed by atoms with van der Waals surface area (Å²) in [6.07, 6.45) is 5.51. The zero-order valence-electron chi connectivity index (χ0n) is 13.2. The average Bonchev–Trinajstić information content (AvgIpc) is 2.97. The molecule has 1 aliphatic rings. The van der Waals surface area contributed by atoms with Crippen LogP contribution in [0.15, 0.2) is 55.4 Å². The topological polar surface area (TPSA) is 73.1 Å². The molecular weight excluding hydrogens is 302 g/mol. The summed E-state index contributed by atoms with van der Waals surface area (Å²) in [4.78, 5) is 24.9. The number of para-hydroxylation sites is 1. The van der Waals surface area contributed by atoms with Crippen molar-refractivity contribution in [3.8, 4) is 6.07 Å². The van der Waals surface area contributed by atoms with Crippen LogP contribution in [0.5, 0.6) is 0 Å². The molecule has 0 spiro atoms. The first kappa shape index (κ1) is 15.7. The maximum absolute atomic E-state index is 12.8. The van der Waals surface area contributed by atoms with Gasteiger partial charge in [0.15, 0.2) is 5.82 Å². The number of aromatic nitrogens is 2. The Bertz CT molecular complexity index is 766. The minimum atomic E-state index is -0.280. The first-order valence-electron chi connectivity index (χ1n) is 7.70. The van der Waals surface area contributed by atoms with Gasteiger partial charge >= 0.3 is 6.03 Å². The fourth-order valence-electron chi connectivity index (χ4n) is 2.73. The first-order chi connectivity index (χ1) is 11.7. The largest absolute Gasteiger partial charge is 0.325 e. The molecule has 0 N–H and O–H groups in total. The van der Waals surface area contributed by atoms with Gasteiger partial charge in [-0.1, -0.05) is 24.3 Å². The van der Waals surface area contributed by atoms with Gasteiger partial charge in [-0.3, -0.25) is 4.90 Å². The van der Waals surface area contributed by atoms with Crippen molar-refractivity contribution in [2.24, 2.45) is 0 Å². The molecule has 2 heterocycles. The SMILES string of the molecule is C=CCCN1CC(c2ncc(C#N)cn2)N(c2ccccc2)C1=O. The minimum absolute atomic E-state index is 0.0685. The molecule has 1 fully saturated rings. The number of rotatable bonds is 5. The number of anilines is 1. The van der Waals surface area contributed by atoms with E-state index in [0.717, 1.165) is 12.1 Å². The van der Waals surface area contributed by atoms with Crippen LogP contribution in [0.1, 0.15) is 23.9 Å². The van der Waals surface area contributed by atoms with Crippen LogP contribution in [0.25, 0.3) is 0 Å². The van der Waals surface area contributed by atoms with Crippen LogP contribution in [0, 0.1) is 11.3 Å². The van der Waals surface area contributed by atoms with Crippen LogP contribution in [-0.2, 0) is 0 Å². The maximum Gasteiger partial charge on any atom is 0.325 e. The number of hydrogen-bond donors (Lipinski definition) is 0. The molecule has 0 bridgehead atoms. The lowest BCUT2D eigenvalue weighted by Crippen LogP contribution is -2.33. The molecule has 0 aliphatic carbocycles. The highest BCUT2D eigenvalue weighted by Crippen LogP contribution is 2.32. The number of nitriles is 1. The second-order valence-corrected chi connectivity index (χ2v) is 5.47. The Labute approximate surface area is 140 Å². The van der Waals surface area contributed by atoms with Gasteiger partial charge in [0, 0.05) is 24.6 Å². The lowest BCUT2D eigenvalue weighted by molar-refractivity contribution is 0.221. The highest BCUT2D eigenvalue weighted by Gasteiger charge is 2.40. The summed E-state index contributed by atoms with van der Waals surface area (Å²) in [7, 11) is 0. The van der Waals surface area contributed by atoms with Gasteiger partial charge in [0.25, 0.3) is 0 Å². The van der Waals surface area contributed by atoms with Crippen molar-refractivity contribution in [2.45, 2.75) is 12.5 Å². The first-order valence-corrected chi connectivity index (χ1v) is 7.70. The molecule has 2 amide bonds. The number of benzene rings is 1. The summed E-state index contributed by atoms with van der Waals surface area (Å²) in [5.41, 5.74) is 1.21. The summed E-state index contributed by atoms with van der Waals surface area (Å²) in [5.74, 6) is 0.535. The third-order valence-corrected chi connectivity index (χ3v) is 3.92. The van der Waals surface area contributed by atoms with Crippen LogP contribution in [0.4, 0.5) is 10.5 Å². The Kier molecular flexibility index (Phi) is 4.52. The van der Waals surface area contributed by atoms with Gasteiger partial charge in [0.2, 0.25) is 0 Å². The quantitative estimate of drug-likeness (QED) is 0.794. The molecular formula is C18H17N5O. The van der Waals surface area contributed by atoms with Gasteiger partial charge in [0.1, 0.15) is 12.1 Å². The van der Waals surface area contributed by atoms with Gasteiger partial charge in [0.05, 0.1) is 12.1 Å². The summed E-state index contributed by atoms with van der Waals surface area (Å²) < 4.78 is 0. The Balaban J connectivity index is 1.95. The van der Waals surface area contributed by atoms with E-state index in [4.69, 9.17) is 5.26 Å². The standard InChI is InChI=1S/C18H17N5O/c1-2-3-9-22-13-16(17-20-11-14(10-19)12-21-17)23(18(22)24)15-7-5-4-6-8-15/h2,4-8,11-12,16H,1,3,9,13H2. The van der Waals surface area contributed by atoms with Gasteiger partial charge in [-0.05, 0) is 18.6 Å². The molecule has 6 heteroatoms. The van der Waals surface area contributed by atoms with E-state index >= 15 is 0 Å². The predicted octanol–water partition coefficient (Wildman–Crippen LogP) is 2.91. The molecule has 6 nitrogen and oxygen atoms in total. The zero-order valence-corrected chi connectivity index (χ0v) is 13.2. The van der Waals surface area contributed by atoms with E-state index in [2.05, 4.69) is 16.5 Å². The molecule has 1 aliphatic heterocycles. The van der Waals surface area contributed by atoms with E-state index in [1.54, 1.807) is 15.9 Å². The van der Waals surface area contributed by atoms with E-state index in [1.165, 1.54) is 12.4 Å². The van der Waals surface area contributed by atoms with Crippen molar-refractivity contribution in [2.75, 3.05) is 18.0 Å². The minimum Gasteiger partial charge on any atom is -0.321 e. The van der Waals surface area contributed by atoms with Gasteiger partial charge in [-0.2, -0.15) is 5.26 Å². The molecule has 3 rings (SSSR count). The zero-order chi connectivity index (χ0) is 16.9. The van der Waals surface area contributed by atoms with Crippen molar-refractivity contribution in [1.29, 1.82) is 5.26 Å². The van der Waals surface area contributed by atoms with Crippen molar-refractivity contribution in [3.05, 3.63) is 66.8 Å². The molecule has 1 unspecified atom stereocenters. The van der Waals surface area contributed by atoms with Crippen LogP contribution >= 0.6 is 0 Å². The number of urea groups is 1. The molecule has 24 heavy (non-hydrogen) atoms. The third kappa shape index (κ3) is 2.97. The van der Waals surface area contributed by atoms with E-state index in [9.17, 15) is 4.79 Å². The van der Waals surface area contributed by atoms with Gasteiger partial charge in [-0.15, -0.1) is 6.58 Å². The predicted molar refractivity (Wildman–Crippen MR) is 90.2 cm³/mol.